The number of rotatable bonds is 5. The minimum absolute atomic E-state index is 0. The van der Waals surface area contributed by atoms with Crippen LogP contribution in [0.5, 0.6) is 5.75 Å². The molecule has 9 heteroatoms. The third-order valence-electron chi connectivity index (χ3n) is 3.88. The molecule has 0 amide bonds. The molecular formula is C16H16N3NaO4S. The number of aromatic nitrogens is 3. The van der Waals surface area contributed by atoms with Crippen LogP contribution in [-0.2, 0) is 10.1 Å². The van der Waals surface area contributed by atoms with Gasteiger partial charge < -0.3 is 9.66 Å². The van der Waals surface area contributed by atoms with Crippen molar-refractivity contribution in [1.82, 2.24) is 15.0 Å². The molecule has 3 rings (SSSR count). The van der Waals surface area contributed by atoms with Crippen molar-refractivity contribution < 1.29 is 47.6 Å². The molecule has 0 radical (unpaired) electrons. The predicted molar refractivity (Wildman–Crippen MR) is 86.6 cm³/mol. The molecule has 0 bridgehead atoms. The van der Waals surface area contributed by atoms with Crippen molar-refractivity contribution in [2.24, 2.45) is 0 Å². The van der Waals surface area contributed by atoms with Crippen LogP contribution in [-0.4, -0.2) is 33.1 Å². The molecule has 3 aromatic rings. The number of phenols is 1. The molecule has 0 aliphatic rings. The summed E-state index contributed by atoms with van der Waals surface area (Å²) in [4.78, 5) is -0.430. The van der Waals surface area contributed by atoms with E-state index < -0.39 is 21.1 Å². The van der Waals surface area contributed by atoms with Gasteiger partial charge in [0.1, 0.15) is 21.4 Å². The number of para-hydroxylation sites is 1. The average molecular weight is 369 g/mol. The normalized spacial score (nSPS) is 12.7. The maximum atomic E-state index is 11.6. The van der Waals surface area contributed by atoms with Crippen LogP contribution in [0.2, 0.25) is 0 Å². The molecule has 0 saturated heterocycles. The fourth-order valence-corrected chi connectivity index (χ4v) is 3.62. The Hall–Kier alpha value is -1.45. The van der Waals surface area contributed by atoms with Gasteiger partial charge in [-0.15, -0.1) is 5.10 Å². The van der Waals surface area contributed by atoms with Crippen molar-refractivity contribution in [3.63, 3.8) is 0 Å². The molecule has 1 atom stereocenters. The Bertz CT molecular complexity index is 988. The summed E-state index contributed by atoms with van der Waals surface area (Å²) in [5.41, 5.74) is 1.42. The number of phenolic OH excluding ortho intramolecular Hbond substituents is 1. The van der Waals surface area contributed by atoms with Crippen LogP contribution in [0.3, 0.4) is 0 Å². The summed E-state index contributed by atoms with van der Waals surface area (Å²) in [7, 11) is -4.74. The Morgan fingerprint density at radius 1 is 1.20 bits per heavy atom. The smallest absolute Gasteiger partial charge is 0.744 e. The molecular weight excluding hydrogens is 353 g/mol. The van der Waals surface area contributed by atoms with Gasteiger partial charge in [0.25, 0.3) is 0 Å². The minimum Gasteiger partial charge on any atom is -0.744 e. The van der Waals surface area contributed by atoms with Crippen molar-refractivity contribution in [2.75, 3.05) is 0 Å². The molecule has 25 heavy (non-hydrogen) atoms. The van der Waals surface area contributed by atoms with Crippen LogP contribution in [0.25, 0.3) is 11.0 Å². The molecule has 0 fully saturated rings. The van der Waals surface area contributed by atoms with E-state index in [1.165, 1.54) is 18.2 Å². The van der Waals surface area contributed by atoms with Crippen molar-refractivity contribution in [2.45, 2.75) is 30.7 Å². The summed E-state index contributed by atoms with van der Waals surface area (Å²) in [6.45, 7) is 1.93. The van der Waals surface area contributed by atoms with Crippen molar-refractivity contribution in [3.05, 3.63) is 48.0 Å². The van der Waals surface area contributed by atoms with Crippen LogP contribution in [0, 0.1) is 0 Å². The Balaban J connectivity index is 0.00000225. The fraction of sp³-hybridized carbons (Fsp3) is 0.250. The standard InChI is InChI=1S/C16H17N3O4S.Na/c1-2-6-13(19-12-8-4-3-7-11(12)17-18-19)16-14(20)9-5-10-15(16)24(21,22)23;/h3-5,7-10,13,20H,2,6H2,1H3,(H,21,22,23);/q;+1/p-1. The minimum atomic E-state index is -4.74. The second-order valence-corrected chi connectivity index (χ2v) is 6.82. The predicted octanol–water partition coefficient (Wildman–Crippen LogP) is -0.566. The molecule has 1 unspecified atom stereocenters. The maximum Gasteiger partial charge on any atom is 1.00 e. The summed E-state index contributed by atoms with van der Waals surface area (Å²) in [5, 5.41) is 18.4. The zero-order valence-corrected chi connectivity index (χ0v) is 16.8. The molecule has 1 N–H and O–H groups in total. The molecule has 0 saturated carbocycles. The monoisotopic (exact) mass is 369 g/mol. The van der Waals surface area contributed by atoms with E-state index in [9.17, 15) is 18.1 Å². The third-order valence-corrected chi connectivity index (χ3v) is 4.78. The molecule has 0 aliphatic heterocycles. The van der Waals surface area contributed by atoms with Crippen LogP contribution in [0.1, 0.15) is 31.4 Å². The van der Waals surface area contributed by atoms with Gasteiger partial charge in [-0.1, -0.05) is 36.8 Å². The quantitative estimate of drug-likeness (QED) is 0.477. The van der Waals surface area contributed by atoms with Gasteiger partial charge in [0, 0.05) is 5.56 Å². The second-order valence-electron chi connectivity index (χ2n) is 5.47. The first-order valence-corrected chi connectivity index (χ1v) is 8.92. The van der Waals surface area contributed by atoms with Gasteiger partial charge >= 0.3 is 29.6 Å². The van der Waals surface area contributed by atoms with Crippen LogP contribution in [0.4, 0.5) is 0 Å². The van der Waals surface area contributed by atoms with Gasteiger partial charge in [0.2, 0.25) is 0 Å². The SMILES string of the molecule is CCCC(c1c(O)cccc1S(=O)(=O)[O-])n1nnc2ccccc21.[Na+]. The van der Waals surface area contributed by atoms with E-state index >= 15 is 0 Å². The van der Waals surface area contributed by atoms with Gasteiger partial charge in [-0.25, -0.2) is 13.1 Å². The molecule has 7 nitrogen and oxygen atoms in total. The molecule has 1 heterocycles. The molecule has 126 valence electrons. The summed E-state index contributed by atoms with van der Waals surface area (Å²) < 4.78 is 36.5. The second kappa shape index (κ2) is 7.84. The van der Waals surface area contributed by atoms with E-state index in [4.69, 9.17) is 0 Å². The summed E-state index contributed by atoms with van der Waals surface area (Å²) in [5.74, 6) is -0.245. The van der Waals surface area contributed by atoms with Gasteiger partial charge in [-0.3, -0.25) is 0 Å². The first-order valence-electron chi connectivity index (χ1n) is 7.51. The summed E-state index contributed by atoms with van der Waals surface area (Å²) >= 11 is 0. The van der Waals surface area contributed by atoms with Gasteiger partial charge in [0.05, 0.1) is 16.5 Å². The zero-order valence-electron chi connectivity index (χ0n) is 14.0. The van der Waals surface area contributed by atoms with E-state index in [0.29, 0.717) is 23.9 Å². The maximum absolute atomic E-state index is 11.6. The summed E-state index contributed by atoms with van der Waals surface area (Å²) in [6.07, 6.45) is 1.19. The van der Waals surface area contributed by atoms with Crippen molar-refractivity contribution in [1.29, 1.82) is 0 Å². The third kappa shape index (κ3) is 3.88. The number of hydrogen-bond acceptors (Lipinski definition) is 6. The first kappa shape index (κ1) is 19.9. The number of hydrogen-bond donors (Lipinski definition) is 1. The van der Waals surface area contributed by atoms with Gasteiger partial charge in [0.15, 0.2) is 0 Å². The molecule has 1 aromatic heterocycles. The van der Waals surface area contributed by atoms with E-state index in [-0.39, 0.29) is 40.9 Å². The number of aromatic hydroxyl groups is 1. The summed E-state index contributed by atoms with van der Waals surface area (Å²) in [6, 6.07) is 10.5. The Labute approximate surface area is 167 Å². The Morgan fingerprint density at radius 3 is 2.60 bits per heavy atom. The van der Waals surface area contributed by atoms with Crippen molar-refractivity contribution in [3.8, 4) is 5.75 Å². The van der Waals surface area contributed by atoms with Gasteiger partial charge in [-0.2, -0.15) is 0 Å². The number of benzene rings is 2. The van der Waals surface area contributed by atoms with E-state index in [1.807, 2.05) is 25.1 Å². The van der Waals surface area contributed by atoms with Crippen LogP contribution in [0.15, 0.2) is 47.4 Å². The topological polar surface area (TPSA) is 108 Å². The average Bonchev–Trinajstić information content (AvgIpc) is 2.96. The Kier molecular flexibility index (Phi) is 6.23. The van der Waals surface area contributed by atoms with Crippen LogP contribution >= 0.6 is 0 Å². The van der Waals surface area contributed by atoms with Crippen molar-refractivity contribution >= 4 is 21.2 Å². The zero-order chi connectivity index (χ0) is 17.3. The molecule has 2 aromatic carbocycles. The number of fused-ring (bicyclic) bond motifs is 1. The van der Waals surface area contributed by atoms with Gasteiger partial charge in [-0.05, 0) is 30.7 Å². The molecule has 0 aliphatic carbocycles. The van der Waals surface area contributed by atoms with E-state index in [2.05, 4.69) is 10.3 Å². The Morgan fingerprint density at radius 2 is 1.92 bits per heavy atom. The number of nitrogens with zero attached hydrogens (tertiary/aromatic N) is 3. The van der Waals surface area contributed by atoms with Crippen LogP contribution < -0.4 is 29.6 Å². The largest absolute Gasteiger partial charge is 1.00 e. The first-order chi connectivity index (χ1) is 11.4. The molecule has 0 spiro atoms. The van der Waals surface area contributed by atoms with E-state index in [0.717, 1.165) is 0 Å². The van der Waals surface area contributed by atoms with E-state index in [1.54, 1.807) is 10.7 Å². The fourth-order valence-electron chi connectivity index (χ4n) is 2.86.